The molecule has 3 aliphatic heterocycles. The van der Waals surface area contributed by atoms with E-state index in [9.17, 15) is 24.0 Å². The lowest BCUT2D eigenvalue weighted by molar-refractivity contribution is -0.130. The molecule has 0 bridgehead atoms. The zero-order chi connectivity index (χ0) is 25.1. The van der Waals surface area contributed by atoms with E-state index < -0.39 is 53.0 Å². The molecule has 5 rings (SSSR count). The minimum Gasteiger partial charge on any atom is -0.462 e. The number of hydrogen-bond donors (Lipinski definition) is 3. The van der Waals surface area contributed by atoms with Gasteiger partial charge in [-0.1, -0.05) is 11.6 Å². The van der Waals surface area contributed by atoms with E-state index in [-0.39, 0.29) is 24.3 Å². The van der Waals surface area contributed by atoms with Crippen LogP contribution in [0, 0.1) is 11.8 Å². The van der Waals surface area contributed by atoms with Crippen LogP contribution in [-0.2, 0) is 29.5 Å². The number of esters is 1. The van der Waals surface area contributed by atoms with Gasteiger partial charge in [-0.2, -0.15) is 0 Å². The molecule has 4 N–H and O–H groups in total. The van der Waals surface area contributed by atoms with Gasteiger partial charge in [0.05, 0.1) is 29.7 Å². The number of benzene rings is 2. The van der Waals surface area contributed by atoms with Gasteiger partial charge in [-0.05, 0) is 49.4 Å². The second-order valence-electron chi connectivity index (χ2n) is 8.66. The van der Waals surface area contributed by atoms with Crippen LogP contribution in [0.25, 0.3) is 0 Å². The number of fused-ring (bicyclic) bond motifs is 4. The van der Waals surface area contributed by atoms with Gasteiger partial charge in [-0.25, -0.2) is 9.69 Å². The van der Waals surface area contributed by atoms with Crippen molar-refractivity contribution in [1.82, 2.24) is 5.32 Å². The molecular formula is C24H21ClN4O6. The summed E-state index contributed by atoms with van der Waals surface area (Å²) in [4.78, 5) is 65.6. The van der Waals surface area contributed by atoms with E-state index in [2.05, 4.69) is 10.6 Å². The van der Waals surface area contributed by atoms with Crippen molar-refractivity contribution >= 4 is 52.6 Å². The minimum atomic E-state index is -1.60. The average molecular weight is 497 g/mol. The van der Waals surface area contributed by atoms with Crippen LogP contribution in [0.1, 0.15) is 29.3 Å². The van der Waals surface area contributed by atoms with Gasteiger partial charge in [0.1, 0.15) is 5.54 Å². The first-order valence-electron chi connectivity index (χ1n) is 11.0. The van der Waals surface area contributed by atoms with Crippen LogP contribution in [-0.4, -0.2) is 42.2 Å². The van der Waals surface area contributed by atoms with Crippen molar-refractivity contribution in [2.75, 3.05) is 16.8 Å². The van der Waals surface area contributed by atoms with Crippen LogP contribution in [0.2, 0.25) is 5.02 Å². The summed E-state index contributed by atoms with van der Waals surface area (Å²) in [7, 11) is 0. The summed E-state index contributed by atoms with van der Waals surface area (Å²) in [5, 5.41) is 6.21. The summed E-state index contributed by atoms with van der Waals surface area (Å²) < 4.78 is 4.97. The molecule has 0 saturated carbocycles. The number of amides is 4. The molecule has 4 amide bonds. The summed E-state index contributed by atoms with van der Waals surface area (Å²) in [5.41, 5.74) is 5.22. The molecule has 2 aromatic rings. The van der Waals surface area contributed by atoms with Crippen molar-refractivity contribution in [2.45, 2.75) is 24.9 Å². The van der Waals surface area contributed by atoms with Gasteiger partial charge < -0.3 is 15.8 Å². The second kappa shape index (κ2) is 8.17. The standard InChI is InChI=1S/C24H21ClN4O6/c1-2-35-22(33)11-3-6-13(7-4-11)29-20(31)18-16(10-17(26)30)28-24(19(18)21(29)32)14-9-12(25)5-8-15(14)27-23(24)34/h3-9,16,18-19,28H,2,10H2,1H3,(H2,26,30)(H,27,34)/t16-,18-,19+,24+/m1/s1. The van der Waals surface area contributed by atoms with Gasteiger partial charge in [0.25, 0.3) is 0 Å². The van der Waals surface area contributed by atoms with E-state index in [0.29, 0.717) is 16.3 Å². The van der Waals surface area contributed by atoms with E-state index in [0.717, 1.165) is 4.90 Å². The summed E-state index contributed by atoms with van der Waals surface area (Å²) in [5.74, 6) is -5.05. The largest absolute Gasteiger partial charge is 0.462 e. The molecule has 10 nitrogen and oxygen atoms in total. The fourth-order valence-electron chi connectivity index (χ4n) is 5.38. The van der Waals surface area contributed by atoms with Gasteiger partial charge in [-0.15, -0.1) is 0 Å². The first kappa shape index (κ1) is 23.0. The van der Waals surface area contributed by atoms with E-state index in [4.69, 9.17) is 22.1 Å². The third-order valence-corrected chi connectivity index (χ3v) is 6.97. The van der Waals surface area contributed by atoms with Crippen molar-refractivity contribution < 1.29 is 28.7 Å². The summed E-state index contributed by atoms with van der Waals surface area (Å²) in [6, 6.07) is 9.77. The Morgan fingerprint density at radius 2 is 1.83 bits per heavy atom. The SMILES string of the molecule is CCOC(=O)c1ccc(N2C(=O)[C@H]3[C@@H](C2=O)[C@]2(N[C@@H]3CC(N)=O)C(=O)Nc3ccc(Cl)cc32)cc1. The number of nitrogens with one attached hydrogen (secondary N) is 2. The molecule has 0 radical (unpaired) electrons. The Labute approximate surface area is 204 Å². The van der Waals surface area contributed by atoms with Crippen molar-refractivity contribution in [3.8, 4) is 0 Å². The zero-order valence-electron chi connectivity index (χ0n) is 18.5. The number of ether oxygens (including phenoxy) is 1. The predicted molar refractivity (Wildman–Crippen MR) is 124 cm³/mol. The number of nitrogens with two attached hydrogens (primary N) is 1. The number of rotatable bonds is 5. The third kappa shape index (κ3) is 3.32. The monoisotopic (exact) mass is 496 g/mol. The fraction of sp³-hybridized carbons (Fsp3) is 0.292. The highest BCUT2D eigenvalue weighted by Gasteiger charge is 2.70. The topological polar surface area (TPSA) is 148 Å². The van der Waals surface area contributed by atoms with E-state index in [1.807, 2.05) is 0 Å². The molecule has 11 heteroatoms. The van der Waals surface area contributed by atoms with Crippen LogP contribution in [0.4, 0.5) is 11.4 Å². The van der Waals surface area contributed by atoms with Crippen LogP contribution < -0.4 is 21.3 Å². The van der Waals surface area contributed by atoms with Gasteiger partial charge in [-0.3, -0.25) is 24.5 Å². The lowest BCUT2D eigenvalue weighted by Crippen LogP contribution is -2.53. The zero-order valence-corrected chi connectivity index (χ0v) is 19.3. The molecule has 180 valence electrons. The highest BCUT2D eigenvalue weighted by atomic mass is 35.5. The van der Waals surface area contributed by atoms with Gasteiger partial charge in [0.15, 0.2) is 0 Å². The maximum absolute atomic E-state index is 13.8. The highest BCUT2D eigenvalue weighted by molar-refractivity contribution is 6.31. The Bertz CT molecular complexity index is 1300. The van der Waals surface area contributed by atoms with Crippen molar-refractivity contribution in [3.63, 3.8) is 0 Å². The minimum absolute atomic E-state index is 0.205. The number of nitrogens with zero attached hydrogens (tertiary/aromatic N) is 1. The molecule has 4 atom stereocenters. The molecule has 2 saturated heterocycles. The van der Waals surface area contributed by atoms with E-state index >= 15 is 0 Å². The first-order chi connectivity index (χ1) is 16.7. The molecule has 3 aliphatic rings. The quantitative estimate of drug-likeness (QED) is 0.417. The molecule has 0 aromatic heterocycles. The molecule has 0 unspecified atom stereocenters. The van der Waals surface area contributed by atoms with Crippen molar-refractivity contribution in [2.24, 2.45) is 17.6 Å². The number of hydrogen-bond acceptors (Lipinski definition) is 7. The number of carbonyl (C=O) groups is 5. The Morgan fingerprint density at radius 1 is 1.11 bits per heavy atom. The van der Waals surface area contributed by atoms with Gasteiger partial charge in [0.2, 0.25) is 23.6 Å². The maximum Gasteiger partial charge on any atom is 0.338 e. The van der Waals surface area contributed by atoms with E-state index in [1.165, 1.54) is 24.3 Å². The second-order valence-corrected chi connectivity index (χ2v) is 9.09. The summed E-state index contributed by atoms with van der Waals surface area (Å²) in [6.07, 6.45) is -0.249. The summed E-state index contributed by atoms with van der Waals surface area (Å²) in [6.45, 7) is 1.89. The van der Waals surface area contributed by atoms with Crippen molar-refractivity contribution in [1.29, 1.82) is 0 Å². The van der Waals surface area contributed by atoms with Crippen LogP contribution in [0.3, 0.4) is 0 Å². The maximum atomic E-state index is 13.8. The first-order valence-corrected chi connectivity index (χ1v) is 11.4. The highest BCUT2D eigenvalue weighted by Crippen LogP contribution is 2.54. The van der Waals surface area contributed by atoms with Crippen LogP contribution >= 0.6 is 11.6 Å². The van der Waals surface area contributed by atoms with Crippen LogP contribution in [0.5, 0.6) is 0 Å². The molecule has 0 aliphatic carbocycles. The molecule has 2 fully saturated rings. The molecule has 3 heterocycles. The number of halogens is 1. The Morgan fingerprint density at radius 3 is 2.49 bits per heavy atom. The van der Waals surface area contributed by atoms with Gasteiger partial charge >= 0.3 is 5.97 Å². The Kier molecular flexibility index (Phi) is 5.37. The normalized spacial score (nSPS) is 26.6. The Hall–Kier alpha value is -3.76. The smallest absolute Gasteiger partial charge is 0.338 e. The molecule has 1 spiro atoms. The molecular weight excluding hydrogens is 476 g/mol. The lowest BCUT2D eigenvalue weighted by Gasteiger charge is -2.29. The van der Waals surface area contributed by atoms with Crippen LogP contribution in [0.15, 0.2) is 42.5 Å². The van der Waals surface area contributed by atoms with E-state index in [1.54, 1.807) is 25.1 Å². The lowest BCUT2D eigenvalue weighted by atomic mass is 9.76. The number of carbonyl (C=O) groups excluding carboxylic acids is 5. The molecule has 35 heavy (non-hydrogen) atoms. The average Bonchev–Trinajstić information content (AvgIpc) is 3.38. The third-order valence-electron chi connectivity index (χ3n) is 6.73. The summed E-state index contributed by atoms with van der Waals surface area (Å²) >= 11 is 6.21. The number of imide groups is 1. The molecule has 2 aromatic carbocycles. The number of primary amides is 1. The fourth-order valence-corrected chi connectivity index (χ4v) is 5.55. The predicted octanol–water partition coefficient (Wildman–Crippen LogP) is 1.32. The number of anilines is 2. The Balaban J connectivity index is 1.59. The van der Waals surface area contributed by atoms with Crippen molar-refractivity contribution in [3.05, 3.63) is 58.6 Å². The van der Waals surface area contributed by atoms with Gasteiger partial charge in [0, 0.05) is 28.7 Å².